The number of nitro groups is 1. The lowest BCUT2D eigenvalue weighted by molar-refractivity contribution is -0.387. The smallest absolute Gasteiger partial charge is 0.283 e. The molecule has 7 nitrogen and oxygen atoms in total. The maximum atomic E-state index is 12.9. The van der Waals surface area contributed by atoms with Gasteiger partial charge >= 0.3 is 0 Å². The van der Waals surface area contributed by atoms with E-state index in [1.165, 1.54) is 12.1 Å². The molecule has 0 spiro atoms. The Morgan fingerprint density at radius 3 is 2.03 bits per heavy atom. The predicted octanol–water partition coefficient (Wildman–Crippen LogP) is 3.87. The molecule has 158 valence electrons. The number of hydrogen-bond acceptors (Lipinski definition) is 5. The van der Waals surface area contributed by atoms with Gasteiger partial charge in [0.1, 0.15) is 0 Å². The van der Waals surface area contributed by atoms with Crippen molar-refractivity contribution < 1.29 is 14.5 Å². The second-order valence-electron chi connectivity index (χ2n) is 7.00. The number of primary amides is 1. The number of nitrogens with two attached hydrogens (primary N) is 1. The van der Waals surface area contributed by atoms with Gasteiger partial charge in [0.15, 0.2) is 0 Å². The van der Waals surface area contributed by atoms with E-state index >= 15 is 0 Å². The Kier molecular flexibility index (Phi) is 6.71. The molecule has 0 heterocycles. The van der Waals surface area contributed by atoms with E-state index in [4.69, 9.17) is 5.73 Å². The fourth-order valence-corrected chi connectivity index (χ4v) is 4.05. The molecule has 0 unspecified atom stereocenters. The summed E-state index contributed by atoms with van der Waals surface area (Å²) in [4.78, 5) is 35.2. The van der Waals surface area contributed by atoms with Gasteiger partial charge < -0.3 is 11.1 Å². The molecule has 0 bridgehead atoms. The van der Waals surface area contributed by atoms with Gasteiger partial charge in [-0.3, -0.25) is 19.7 Å². The number of nitro benzene ring substituents is 1. The minimum absolute atomic E-state index is 0.0357. The van der Waals surface area contributed by atoms with Crippen molar-refractivity contribution in [2.24, 2.45) is 5.73 Å². The lowest BCUT2D eigenvalue weighted by Crippen LogP contribution is -2.45. The van der Waals surface area contributed by atoms with Crippen molar-refractivity contribution in [3.8, 4) is 0 Å². The zero-order chi connectivity index (χ0) is 22.4. The summed E-state index contributed by atoms with van der Waals surface area (Å²) in [7, 11) is 0. The SMILES string of the molecule is CC(NC(=O)CSc1ccc(C(N)=O)cc1[N+](=O)[O-])(c1ccccc1)c1ccccc1. The maximum Gasteiger partial charge on any atom is 0.283 e. The summed E-state index contributed by atoms with van der Waals surface area (Å²) >= 11 is 1.03. The van der Waals surface area contributed by atoms with E-state index in [9.17, 15) is 19.7 Å². The Hall–Kier alpha value is -3.65. The van der Waals surface area contributed by atoms with Crippen molar-refractivity contribution in [1.29, 1.82) is 0 Å². The second-order valence-corrected chi connectivity index (χ2v) is 8.01. The number of amides is 2. The first kappa shape index (κ1) is 22.0. The summed E-state index contributed by atoms with van der Waals surface area (Å²) in [6.07, 6.45) is 0. The zero-order valence-electron chi connectivity index (χ0n) is 16.8. The molecular weight excluding hydrogens is 414 g/mol. The third-order valence-corrected chi connectivity index (χ3v) is 5.95. The van der Waals surface area contributed by atoms with E-state index < -0.39 is 16.4 Å². The van der Waals surface area contributed by atoms with Crippen molar-refractivity contribution >= 4 is 29.3 Å². The van der Waals surface area contributed by atoms with E-state index in [0.717, 1.165) is 29.0 Å². The number of benzene rings is 3. The van der Waals surface area contributed by atoms with Crippen molar-refractivity contribution in [3.63, 3.8) is 0 Å². The van der Waals surface area contributed by atoms with E-state index in [0.29, 0.717) is 0 Å². The molecule has 2 amide bonds. The molecule has 0 aliphatic carbocycles. The number of carbonyl (C=O) groups is 2. The molecule has 0 atom stereocenters. The Morgan fingerprint density at radius 1 is 1.00 bits per heavy atom. The van der Waals surface area contributed by atoms with Crippen LogP contribution in [0.5, 0.6) is 0 Å². The van der Waals surface area contributed by atoms with Gasteiger partial charge in [0.2, 0.25) is 11.8 Å². The summed E-state index contributed by atoms with van der Waals surface area (Å²) in [5.41, 5.74) is 6.03. The summed E-state index contributed by atoms with van der Waals surface area (Å²) < 4.78 is 0. The van der Waals surface area contributed by atoms with Gasteiger partial charge in [0, 0.05) is 11.6 Å². The summed E-state index contributed by atoms with van der Waals surface area (Å²) in [6, 6.07) is 23.1. The molecular formula is C23H21N3O4S. The molecule has 3 aromatic carbocycles. The standard InChI is InChI=1S/C23H21N3O4S/c1-23(17-8-4-2-5-9-17,18-10-6-3-7-11-18)25-21(27)15-31-20-13-12-16(22(24)28)14-19(20)26(29)30/h2-14H,15H2,1H3,(H2,24,28)(H,25,27). The lowest BCUT2D eigenvalue weighted by Gasteiger charge is -2.32. The van der Waals surface area contributed by atoms with Gasteiger partial charge in [0.25, 0.3) is 5.69 Å². The molecule has 0 aliphatic rings. The summed E-state index contributed by atoms with van der Waals surface area (Å²) in [5, 5.41) is 14.5. The molecule has 8 heteroatoms. The molecule has 0 saturated carbocycles. The fourth-order valence-electron chi connectivity index (χ4n) is 3.25. The predicted molar refractivity (Wildman–Crippen MR) is 120 cm³/mol. The Morgan fingerprint density at radius 2 is 1.55 bits per heavy atom. The number of hydrogen-bond donors (Lipinski definition) is 2. The van der Waals surface area contributed by atoms with Crippen LogP contribution < -0.4 is 11.1 Å². The molecule has 31 heavy (non-hydrogen) atoms. The number of nitrogens with zero attached hydrogens (tertiary/aromatic N) is 1. The fraction of sp³-hybridized carbons (Fsp3) is 0.130. The van der Waals surface area contributed by atoms with Gasteiger partial charge in [-0.2, -0.15) is 0 Å². The van der Waals surface area contributed by atoms with Crippen LogP contribution in [0, 0.1) is 10.1 Å². The topological polar surface area (TPSA) is 115 Å². The monoisotopic (exact) mass is 435 g/mol. The molecule has 3 N–H and O–H groups in total. The third-order valence-electron chi connectivity index (χ3n) is 4.89. The minimum Gasteiger partial charge on any atom is -0.366 e. The molecule has 0 fully saturated rings. The van der Waals surface area contributed by atoms with Crippen LogP contribution in [-0.4, -0.2) is 22.5 Å². The Bertz CT molecular complexity index is 1060. The molecule has 0 radical (unpaired) electrons. The highest BCUT2D eigenvalue weighted by molar-refractivity contribution is 8.00. The van der Waals surface area contributed by atoms with Crippen LogP contribution in [0.1, 0.15) is 28.4 Å². The van der Waals surface area contributed by atoms with Crippen molar-refractivity contribution in [2.45, 2.75) is 17.4 Å². The first-order valence-electron chi connectivity index (χ1n) is 9.44. The van der Waals surface area contributed by atoms with E-state index in [1.54, 1.807) is 0 Å². The quantitative estimate of drug-likeness (QED) is 0.317. The highest BCUT2D eigenvalue weighted by Gasteiger charge is 2.30. The first-order chi connectivity index (χ1) is 14.8. The van der Waals surface area contributed by atoms with Gasteiger partial charge in [-0.05, 0) is 30.2 Å². The molecule has 0 aliphatic heterocycles. The van der Waals surface area contributed by atoms with E-state index in [1.807, 2.05) is 67.6 Å². The van der Waals surface area contributed by atoms with Crippen LogP contribution in [0.4, 0.5) is 5.69 Å². The number of rotatable bonds is 8. The number of nitrogens with one attached hydrogen (secondary N) is 1. The normalized spacial score (nSPS) is 11.0. The largest absolute Gasteiger partial charge is 0.366 e. The highest BCUT2D eigenvalue weighted by Crippen LogP contribution is 2.32. The van der Waals surface area contributed by atoms with Crippen LogP contribution in [-0.2, 0) is 10.3 Å². The summed E-state index contributed by atoms with van der Waals surface area (Å²) in [5.74, 6) is -1.07. The van der Waals surface area contributed by atoms with Crippen LogP contribution in [0.3, 0.4) is 0 Å². The van der Waals surface area contributed by atoms with Crippen molar-refractivity contribution in [2.75, 3.05) is 5.75 Å². The summed E-state index contributed by atoms with van der Waals surface area (Å²) in [6.45, 7) is 1.92. The molecule has 3 rings (SSSR count). The van der Waals surface area contributed by atoms with Gasteiger partial charge in [0.05, 0.1) is 21.1 Å². The molecule has 0 aromatic heterocycles. The van der Waals surface area contributed by atoms with Crippen LogP contribution >= 0.6 is 11.8 Å². The second kappa shape index (κ2) is 9.44. The Balaban J connectivity index is 1.82. The average molecular weight is 436 g/mol. The van der Waals surface area contributed by atoms with Crippen LogP contribution in [0.15, 0.2) is 83.8 Å². The van der Waals surface area contributed by atoms with Crippen molar-refractivity contribution in [1.82, 2.24) is 5.32 Å². The van der Waals surface area contributed by atoms with Gasteiger partial charge in [-0.1, -0.05) is 60.7 Å². The van der Waals surface area contributed by atoms with Crippen LogP contribution in [0.25, 0.3) is 0 Å². The van der Waals surface area contributed by atoms with E-state index in [-0.39, 0.29) is 27.8 Å². The minimum atomic E-state index is -0.776. The number of thioether (sulfide) groups is 1. The third kappa shape index (κ3) is 5.10. The number of carbonyl (C=O) groups excluding carboxylic acids is 2. The zero-order valence-corrected chi connectivity index (χ0v) is 17.6. The lowest BCUT2D eigenvalue weighted by atomic mass is 9.84. The highest BCUT2D eigenvalue weighted by atomic mass is 32.2. The van der Waals surface area contributed by atoms with Gasteiger partial charge in [-0.25, -0.2) is 0 Å². The molecule has 0 saturated heterocycles. The van der Waals surface area contributed by atoms with E-state index in [2.05, 4.69) is 5.32 Å². The molecule has 3 aromatic rings. The first-order valence-corrected chi connectivity index (χ1v) is 10.4. The maximum absolute atomic E-state index is 12.9. The average Bonchev–Trinajstić information content (AvgIpc) is 2.78. The van der Waals surface area contributed by atoms with Gasteiger partial charge in [-0.15, -0.1) is 11.8 Å². The van der Waals surface area contributed by atoms with Crippen molar-refractivity contribution in [3.05, 3.63) is 106 Å². The Labute approximate surface area is 183 Å². The van der Waals surface area contributed by atoms with Crippen LogP contribution in [0.2, 0.25) is 0 Å².